The number of anilines is 1. The lowest BCUT2D eigenvalue weighted by atomic mass is 10.2. The summed E-state index contributed by atoms with van der Waals surface area (Å²) in [5.41, 5.74) is 2.04. The lowest BCUT2D eigenvalue weighted by molar-refractivity contribution is 0.663. The maximum atomic E-state index is 4.35. The van der Waals surface area contributed by atoms with Crippen molar-refractivity contribution in [2.24, 2.45) is 0 Å². The molecule has 3 nitrogen and oxygen atoms in total. The molecule has 1 N–H and O–H groups in total. The van der Waals surface area contributed by atoms with Crippen LogP contribution in [-0.4, -0.2) is 16.0 Å². The van der Waals surface area contributed by atoms with Crippen LogP contribution in [0.2, 0.25) is 0 Å². The standard InChI is InChI=1S/C11H19N3/c1-5-10(6-2)14-11-12-8(3)7-9(4)13-11/h7,10H,5-6H2,1-4H3,(H,12,13,14). The topological polar surface area (TPSA) is 37.8 Å². The molecule has 0 aliphatic rings. The van der Waals surface area contributed by atoms with E-state index in [0.717, 1.165) is 30.2 Å². The lowest BCUT2D eigenvalue weighted by Gasteiger charge is -2.14. The van der Waals surface area contributed by atoms with Gasteiger partial charge in [-0.1, -0.05) is 13.8 Å². The van der Waals surface area contributed by atoms with Crippen LogP contribution in [0.5, 0.6) is 0 Å². The van der Waals surface area contributed by atoms with Gasteiger partial charge in [0.25, 0.3) is 0 Å². The predicted molar refractivity (Wildman–Crippen MR) is 59.5 cm³/mol. The molecule has 0 spiro atoms. The minimum atomic E-state index is 0.483. The predicted octanol–water partition coefficient (Wildman–Crippen LogP) is 2.69. The van der Waals surface area contributed by atoms with E-state index in [9.17, 15) is 0 Å². The molecule has 78 valence electrons. The molecule has 0 aliphatic heterocycles. The number of rotatable bonds is 4. The molecule has 0 fully saturated rings. The van der Waals surface area contributed by atoms with Gasteiger partial charge in [0.05, 0.1) is 0 Å². The van der Waals surface area contributed by atoms with Crippen LogP contribution in [0, 0.1) is 13.8 Å². The summed E-state index contributed by atoms with van der Waals surface area (Å²) >= 11 is 0. The van der Waals surface area contributed by atoms with Crippen molar-refractivity contribution in [3.05, 3.63) is 17.5 Å². The van der Waals surface area contributed by atoms with Gasteiger partial charge < -0.3 is 5.32 Å². The zero-order valence-corrected chi connectivity index (χ0v) is 9.46. The molecule has 0 bridgehead atoms. The van der Waals surface area contributed by atoms with E-state index in [1.807, 2.05) is 19.9 Å². The quantitative estimate of drug-likeness (QED) is 0.799. The van der Waals surface area contributed by atoms with E-state index in [1.54, 1.807) is 0 Å². The van der Waals surface area contributed by atoms with Gasteiger partial charge in [-0.05, 0) is 32.8 Å². The van der Waals surface area contributed by atoms with Crippen molar-refractivity contribution in [1.82, 2.24) is 9.97 Å². The molecule has 3 heteroatoms. The van der Waals surface area contributed by atoms with Gasteiger partial charge in [-0.15, -0.1) is 0 Å². The molecule has 0 amide bonds. The van der Waals surface area contributed by atoms with Crippen molar-refractivity contribution in [3.8, 4) is 0 Å². The van der Waals surface area contributed by atoms with Crippen molar-refractivity contribution in [2.45, 2.75) is 46.6 Å². The van der Waals surface area contributed by atoms with Crippen LogP contribution >= 0.6 is 0 Å². The Hall–Kier alpha value is -1.12. The lowest BCUT2D eigenvalue weighted by Crippen LogP contribution is -2.19. The van der Waals surface area contributed by atoms with Gasteiger partial charge in [0, 0.05) is 17.4 Å². The Bertz CT molecular complexity index is 272. The van der Waals surface area contributed by atoms with Crippen LogP contribution in [0.15, 0.2) is 6.07 Å². The third kappa shape index (κ3) is 2.98. The number of nitrogens with zero attached hydrogens (tertiary/aromatic N) is 2. The molecule has 14 heavy (non-hydrogen) atoms. The Morgan fingerprint density at radius 1 is 1.14 bits per heavy atom. The summed E-state index contributed by atoms with van der Waals surface area (Å²) in [5, 5.41) is 3.34. The van der Waals surface area contributed by atoms with Crippen LogP contribution in [0.25, 0.3) is 0 Å². The maximum absolute atomic E-state index is 4.35. The number of hydrogen-bond acceptors (Lipinski definition) is 3. The zero-order chi connectivity index (χ0) is 10.6. The molecule has 0 atom stereocenters. The van der Waals surface area contributed by atoms with Gasteiger partial charge in [0.2, 0.25) is 5.95 Å². The highest BCUT2D eigenvalue weighted by Gasteiger charge is 2.05. The van der Waals surface area contributed by atoms with E-state index in [-0.39, 0.29) is 0 Å². The van der Waals surface area contributed by atoms with Crippen molar-refractivity contribution >= 4 is 5.95 Å². The minimum absolute atomic E-state index is 0.483. The molecule has 0 unspecified atom stereocenters. The van der Waals surface area contributed by atoms with E-state index < -0.39 is 0 Å². The van der Waals surface area contributed by atoms with E-state index >= 15 is 0 Å². The normalized spacial score (nSPS) is 10.6. The van der Waals surface area contributed by atoms with Crippen molar-refractivity contribution in [2.75, 3.05) is 5.32 Å². The Labute approximate surface area is 86.0 Å². The molecular formula is C11H19N3. The average Bonchev–Trinajstić information content (AvgIpc) is 2.12. The minimum Gasteiger partial charge on any atom is -0.352 e. The van der Waals surface area contributed by atoms with Gasteiger partial charge in [-0.2, -0.15) is 0 Å². The summed E-state index contributed by atoms with van der Waals surface area (Å²) in [6.45, 7) is 8.33. The van der Waals surface area contributed by atoms with Crippen molar-refractivity contribution in [3.63, 3.8) is 0 Å². The van der Waals surface area contributed by atoms with E-state index in [4.69, 9.17) is 0 Å². The summed E-state index contributed by atoms with van der Waals surface area (Å²) < 4.78 is 0. The van der Waals surface area contributed by atoms with Crippen LogP contribution in [0.3, 0.4) is 0 Å². The highest BCUT2D eigenvalue weighted by Crippen LogP contribution is 2.08. The summed E-state index contributed by atoms with van der Waals surface area (Å²) in [5.74, 6) is 0.760. The molecule has 1 aromatic rings. The number of aromatic nitrogens is 2. The first kappa shape index (κ1) is 11.0. The van der Waals surface area contributed by atoms with Gasteiger partial charge in [0.15, 0.2) is 0 Å². The van der Waals surface area contributed by atoms with Gasteiger partial charge in [-0.3, -0.25) is 0 Å². The number of aryl methyl sites for hydroxylation is 2. The Morgan fingerprint density at radius 2 is 1.64 bits per heavy atom. The zero-order valence-electron chi connectivity index (χ0n) is 9.46. The SMILES string of the molecule is CCC(CC)Nc1nc(C)cc(C)n1. The molecule has 0 aliphatic carbocycles. The number of nitrogens with one attached hydrogen (secondary N) is 1. The first-order valence-corrected chi connectivity index (χ1v) is 5.24. The fourth-order valence-electron chi connectivity index (χ4n) is 1.47. The molecule has 0 aromatic carbocycles. The van der Waals surface area contributed by atoms with Crippen LogP contribution in [0.4, 0.5) is 5.95 Å². The fraction of sp³-hybridized carbons (Fsp3) is 0.636. The van der Waals surface area contributed by atoms with Crippen LogP contribution in [0.1, 0.15) is 38.1 Å². The highest BCUT2D eigenvalue weighted by molar-refractivity contribution is 5.28. The molecule has 0 radical (unpaired) electrons. The maximum Gasteiger partial charge on any atom is 0.223 e. The van der Waals surface area contributed by atoms with Gasteiger partial charge in [0.1, 0.15) is 0 Å². The largest absolute Gasteiger partial charge is 0.352 e. The fourth-order valence-corrected chi connectivity index (χ4v) is 1.47. The Morgan fingerprint density at radius 3 is 2.07 bits per heavy atom. The summed E-state index contributed by atoms with van der Waals surface area (Å²) in [6.07, 6.45) is 2.21. The molecule has 1 heterocycles. The molecular weight excluding hydrogens is 174 g/mol. The Balaban J connectivity index is 2.75. The number of hydrogen-bond donors (Lipinski definition) is 1. The van der Waals surface area contributed by atoms with Gasteiger partial charge >= 0.3 is 0 Å². The summed E-state index contributed by atoms with van der Waals surface area (Å²) in [7, 11) is 0. The van der Waals surface area contributed by atoms with E-state index in [0.29, 0.717) is 6.04 Å². The first-order chi connectivity index (χ1) is 6.65. The molecule has 0 saturated carbocycles. The molecule has 1 aromatic heterocycles. The van der Waals surface area contributed by atoms with Crippen molar-refractivity contribution in [1.29, 1.82) is 0 Å². The smallest absolute Gasteiger partial charge is 0.223 e. The molecule has 1 rings (SSSR count). The summed E-state index contributed by atoms with van der Waals surface area (Å²) in [4.78, 5) is 8.70. The molecule has 0 saturated heterocycles. The van der Waals surface area contributed by atoms with Crippen molar-refractivity contribution < 1.29 is 0 Å². The third-order valence-corrected chi connectivity index (χ3v) is 2.30. The van der Waals surface area contributed by atoms with Crippen LogP contribution in [-0.2, 0) is 0 Å². The second-order valence-corrected chi connectivity index (χ2v) is 3.63. The second kappa shape index (κ2) is 4.94. The van der Waals surface area contributed by atoms with E-state index in [2.05, 4.69) is 29.1 Å². The second-order valence-electron chi connectivity index (χ2n) is 3.63. The summed E-state index contributed by atoms with van der Waals surface area (Å²) in [6, 6.07) is 2.47. The third-order valence-electron chi connectivity index (χ3n) is 2.30. The van der Waals surface area contributed by atoms with Gasteiger partial charge in [-0.25, -0.2) is 9.97 Å². The highest BCUT2D eigenvalue weighted by atomic mass is 15.1. The van der Waals surface area contributed by atoms with E-state index in [1.165, 1.54) is 0 Å². The Kier molecular flexibility index (Phi) is 3.86. The monoisotopic (exact) mass is 193 g/mol. The average molecular weight is 193 g/mol. The van der Waals surface area contributed by atoms with Crippen LogP contribution < -0.4 is 5.32 Å². The first-order valence-electron chi connectivity index (χ1n) is 5.24.